The summed E-state index contributed by atoms with van der Waals surface area (Å²) in [6.45, 7) is 10.3. The molecule has 0 atom stereocenters. The molecule has 0 aliphatic heterocycles. The first-order valence-corrected chi connectivity index (χ1v) is 6.33. The van der Waals surface area contributed by atoms with Gasteiger partial charge in [0.1, 0.15) is 5.75 Å². The lowest BCUT2D eigenvalue weighted by molar-refractivity contribution is 0.338. The fraction of sp³-hybridized carbons (Fsp3) is 0.643. The van der Waals surface area contributed by atoms with Crippen LogP contribution in [0.1, 0.15) is 39.7 Å². The van der Waals surface area contributed by atoms with Crippen molar-refractivity contribution in [1.29, 1.82) is 0 Å². The Morgan fingerprint density at radius 3 is 2.71 bits per heavy atom. The fourth-order valence-electron chi connectivity index (χ4n) is 1.60. The Morgan fingerprint density at radius 1 is 1.29 bits per heavy atom. The van der Waals surface area contributed by atoms with Gasteiger partial charge in [0.15, 0.2) is 0 Å². The second-order valence-electron chi connectivity index (χ2n) is 5.24. The largest absolute Gasteiger partial charge is 0.492 e. The molecule has 17 heavy (non-hydrogen) atoms. The van der Waals surface area contributed by atoms with Gasteiger partial charge in [0.05, 0.1) is 12.8 Å². The van der Waals surface area contributed by atoms with Crippen LogP contribution in [-0.2, 0) is 6.42 Å². The second kappa shape index (κ2) is 6.60. The Labute approximate surface area is 105 Å². The monoisotopic (exact) mass is 236 g/mol. The van der Waals surface area contributed by atoms with Crippen molar-refractivity contribution in [1.82, 2.24) is 10.3 Å². The van der Waals surface area contributed by atoms with Crippen LogP contribution in [-0.4, -0.2) is 23.7 Å². The van der Waals surface area contributed by atoms with Crippen molar-refractivity contribution >= 4 is 0 Å². The van der Waals surface area contributed by atoms with Crippen LogP contribution in [0.5, 0.6) is 5.75 Å². The molecule has 0 aliphatic carbocycles. The first-order chi connectivity index (χ1) is 8.01. The molecule has 0 saturated carbocycles. The molecule has 0 radical (unpaired) electrons. The average Bonchev–Trinajstić information content (AvgIpc) is 2.24. The number of hydrogen-bond donors (Lipinski definition) is 1. The maximum absolute atomic E-state index is 5.43. The van der Waals surface area contributed by atoms with Crippen molar-refractivity contribution < 1.29 is 4.74 Å². The minimum absolute atomic E-state index is 0.200. The van der Waals surface area contributed by atoms with E-state index in [2.05, 4.69) is 37.1 Å². The lowest BCUT2D eigenvalue weighted by Crippen LogP contribution is -2.36. The summed E-state index contributed by atoms with van der Waals surface area (Å²) < 4.78 is 5.43. The first-order valence-electron chi connectivity index (χ1n) is 6.33. The van der Waals surface area contributed by atoms with Crippen LogP contribution in [0, 0.1) is 0 Å². The quantitative estimate of drug-likeness (QED) is 0.771. The third-order valence-electron chi connectivity index (χ3n) is 2.38. The normalized spacial score (nSPS) is 11.5. The third kappa shape index (κ3) is 6.27. The van der Waals surface area contributed by atoms with Gasteiger partial charge in [-0.2, -0.15) is 0 Å². The van der Waals surface area contributed by atoms with E-state index in [0.717, 1.165) is 25.1 Å². The minimum atomic E-state index is 0.200. The van der Waals surface area contributed by atoms with Gasteiger partial charge in [0, 0.05) is 11.7 Å². The highest BCUT2D eigenvalue weighted by Gasteiger charge is 2.07. The van der Waals surface area contributed by atoms with Gasteiger partial charge in [0.2, 0.25) is 0 Å². The molecule has 0 amide bonds. The summed E-state index contributed by atoms with van der Waals surface area (Å²) in [5.74, 6) is 0.869. The molecule has 0 fully saturated rings. The van der Waals surface area contributed by atoms with E-state index in [0.29, 0.717) is 6.61 Å². The highest BCUT2D eigenvalue weighted by Crippen LogP contribution is 2.12. The molecular weight excluding hydrogens is 212 g/mol. The van der Waals surface area contributed by atoms with Gasteiger partial charge in [-0.05, 0) is 58.7 Å². The Balaban J connectivity index is 2.34. The van der Waals surface area contributed by atoms with Crippen LogP contribution >= 0.6 is 0 Å². The van der Waals surface area contributed by atoms with E-state index in [1.54, 1.807) is 6.20 Å². The molecule has 96 valence electrons. The molecule has 0 unspecified atom stereocenters. The molecule has 1 rings (SSSR count). The zero-order valence-corrected chi connectivity index (χ0v) is 11.4. The summed E-state index contributed by atoms with van der Waals surface area (Å²) in [6, 6.07) is 2.08. The topological polar surface area (TPSA) is 34.1 Å². The van der Waals surface area contributed by atoms with E-state index >= 15 is 0 Å². The van der Waals surface area contributed by atoms with Gasteiger partial charge < -0.3 is 10.1 Å². The molecular formula is C14H24N2O. The maximum atomic E-state index is 5.43. The Kier molecular flexibility index (Phi) is 5.42. The number of nitrogens with zero attached hydrogens (tertiary/aromatic N) is 1. The molecule has 3 nitrogen and oxygen atoms in total. The van der Waals surface area contributed by atoms with E-state index in [-0.39, 0.29) is 5.54 Å². The minimum Gasteiger partial charge on any atom is -0.492 e. The van der Waals surface area contributed by atoms with E-state index in [1.807, 2.05) is 13.1 Å². The molecule has 0 aromatic carbocycles. The predicted molar refractivity (Wildman–Crippen MR) is 71.5 cm³/mol. The molecule has 0 spiro atoms. The summed E-state index contributed by atoms with van der Waals surface area (Å²) in [5.41, 5.74) is 1.44. The zero-order chi connectivity index (χ0) is 12.7. The number of aryl methyl sites for hydroxylation is 1. The van der Waals surface area contributed by atoms with Crippen molar-refractivity contribution in [3.63, 3.8) is 0 Å². The molecule has 1 heterocycles. The van der Waals surface area contributed by atoms with Crippen LogP contribution in [0.15, 0.2) is 18.5 Å². The van der Waals surface area contributed by atoms with Gasteiger partial charge in [-0.1, -0.05) is 0 Å². The molecule has 1 aromatic rings. The summed E-state index contributed by atoms with van der Waals surface area (Å²) in [5, 5.41) is 3.48. The van der Waals surface area contributed by atoms with Crippen molar-refractivity contribution in [2.45, 2.75) is 46.1 Å². The number of rotatable bonds is 6. The lowest BCUT2D eigenvalue weighted by Gasteiger charge is -2.20. The highest BCUT2D eigenvalue weighted by atomic mass is 16.5. The van der Waals surface area contributed by atoms with Gasteiger partial charge >= 0.3 is 0 Å². The number of nitrogens with one attached hydrogen (secondary N) is 1. The number of aromatic nitrogens is 1. The number of pyridine rings is 1. The van der Waals surface area contributed by atoms with Crippen molar-refractivity contribution in [3.8, 4) is 5.75 Å². The molecule has 0 saturated heterocycles. The average molecular weight is 236 g/mol. The van der Waals surface area contributed by atoms with E-state index in [4.69, 9.17) is 4.74 Å². The Hall–Kier alpha value is -1.09. The smallest absolute Gasteiger partial charge is 0.137 e. The highest BCUT2D eigenvalue weighted by molar-refractivity contribution is 5.23. The summed E-state index contributed by atoms with van der Waals surface area (Å²) in [4.78, 5) is 4.19. The van der Waals surface area contributed by atoms with Crippen molar-refractivity contribution in [2.75, 3.05) is 13.2 Å². The van der Waals surface area contributed by atoms with Crippen LogP contribution in [0.3, 0.4) is 0 Å². The second-order valence-corrected chi connectivity index (χ2v) is 5.24. The molecule has 1 N–H and O–H groups in total. The number of ether oxygens (including phenoxy) is 1. The third-order valence-corrected chi connectivity index (χ3v) is 2.38. The lowest BCUT2D eigenvalue weighted by atomic mass is 10.1. The Bertz CT molecular complexity index is 331. The molecule has 1 aromatic heterocycles. The molecule has 0 aliphatic rings. The number of hydrogen-bond acceptors (Lipinski definition) is 3. The van der Waals surface area contributed by atoms with Crippen LogP contribution in [0.2, 0.25) is 0 Å². The van der Waals surface area contributed by atoms with Gasteiger partial charge in [-0.3, -0.25) is 4.98 Å². The van der Waals surface area contributed by atoms with Crippen molar-refractivity contribution in [3.05, 3.63) is 24.0 Å². The predicted octanol–water partition coefficient (Wildman–Crippen LogP) is 2.80. The van der Waals surface area contributed by atoms with Crippen molar-refractivity contribution in [2.24, 2.45) is 0 Å². The van der Waals surface area contributed by atoms with Crippen LogP contribution in [0.25, 0.3) is 0 Å². The van der Waals surface area contributed by atoms with Crippen LogP contribution in [0.4, 0.5) is 0 Å². The fourth-order valence-corrected chi connectivity index (χ4v) is 1.60. The van der Waals surface area contributed by atoms with Gasteiger partial charge in [0.25, 0.3) is 0 Å². The van der Waals surface area contributed by atoms with Gasteiger partial charge in [-0.15, -0.1) is 0 Å². The zero-order valence-electron chi connectivity index (χ0n) is 11.4. The molecule has 0 bridgehead atoms. The van der Waals surface area contributed by atoms with Crippen LogP contribution < -0.4 is 10.1 Å². The summed E-state index contributed by atoms with van der Waals surface area (Å²) in [6.07, 6.45) is 5.84. The van der Waals surface area contributed by atoms with E-state index in [9.17, 15) is 0 Å². The first kappa shape index (κ1) is 14.0. The van der Waals surface area contributed by atoms with E-state index < -0.39 is 0 Å². The Morgan fingerprint density at radius 2 is 2.06 bits per heavy atom. The maximum Gasteiger partial charge on any atom is 0.137 e. The van der Waals surface area contributed by atoms with Gasteiger partial charge in [-0.25, -0.2) is 0 Å². The standard InChI is InChI=1S/C14H24N2O/c1-5-17-13-9-12(10-15-11-13)7-6-8-16-14(2,3)4/h9-11,16H,5-8H2,1-4H3. The summed E-state index contributed by atoms with van der Waals surface area (Å²) >= 11 is 0. The molecule has 3 heteroatoms. The SMILES string of the molecule is CCOc1cncc(CCCNC(C)(C)C)c1. The van der Waals surface area contributed by atoms with E-state index in [1.165, 1.54) is 5.56 Å². The summed E-state index contributed by atoms with van der Waals surface area (Å²) in [7, 11) is 0.